The SMILES string of the molecule is c1ccc(-c2c3ccccc3c(-c3ccc4c(c3)C3(c5ccccc5-c5sc6ccccc6c53)c3ccc5ccccc5c3-4)c3ccccc23)cc1. The second-order valence-electron chi connectivity index (χ2n) is 14.3. The highest BCUT2D eigenvalue weighted by Gasteiger charge is 2.53. The molecule has 240 valence electrons. The lowest BCUT2D eigenvalue weighted by Gasteiger charge is -2.31. The van der Waals surface area contributed by atoms with Gasteiger partial charge >= 0.3 is 0 Å². The van der Waals surface area contributed by atoms with Crippen molar-refractivity contribution in [1.82, 2.24) is 0 Å². The molecule has 52 heavy (non-hydrogen) atoms. The van der Waals surface area contributed by atoms with Crippen LogP contribution in [0.1, 0.15) is 22.3 Å². The Labute approximate surface area is 305 Å². The molecule has 0 radical (unpaired) electrons. The minimum absolute atomic E-state index is 0.439. The summed E-state index contributed by atoms with van der Waals surface area (Å²) in [5, 5.41) is 9.09. The second-order valence-corrected chi connectivity index (χ2v) is 15.3. The fraction of sp³-hybridized carbons (Fsp3) is 0.0196. The Balaban J connectivity index is 1.25. The van der Waals surface area contributed by atoms with Crippen LogP contribution in [0.15, 0.2) is 182 Å². The zero-order chi connectivity index (χ0) is 34.0. The summed E-state index contributed by atoms with van der Waals surface area (Å²) >= 11 is 1.95. The van der Waals surface area contributed by atoms with Crippen molar-refractivity contribution in [3.05, 3.63) is 204 Å². The molecule has 1 atom stereocenters. The van der Waals surface area contributed by atoms with Crippen LogP contribution >= 0.6 is 11.3 Å². The molecule has 0 saturated heterocycles. The van der Waals surface area contributed by atoms with Gasteiger partial charge in [0.05, 0.1) is 5.41 Å². The molecule has 2 aliphatic rings. The quantitative estimate of drug-likeness (QED) is 0.160. The van der Waals surface area contributed by atoms with Crippen LogP contribution in [0.4, 0.5) is 0 Å². The Morgan fingerprint density at radius 2 is 0.942 bits per heavy atom. The van der Waals surface area contributed by atoms with Gasteiger partial charge in [-0.1, -0.05) is 170 Å². The average molecular weight is 675 g/mol. The monoisotopic (exact) mass is 674 g/mol. The molecule has 1 heterocycles. The van der Waals surface area contributed by atoms with E-state index in [-0.39, 0.29) is 0 Å². The van der Waals surface area contributed by atoms with E-state index >= 15 is 0 Å². The highest BCUT2D eigenvalue weighted by atomic mass is 32.1. The van der Waals surface area contributed by atoms with Gasteiger partial charge in [-0.15, -0.1) is 11.3 Å². The minimum Gasteiger partial charge on any atom is -0.135 e. The molecule has 0 bridgehead atoms. The van der Waals surface area contributed by atoms with Gasteiger partial charge in [0.25, 0.3) is 0 Å². The van der Waals surface area contributed by atoms with Gasteiger partial charge in [0, 0.05) is 9.58 Å². The lowest BCUT2D eigenvalue weighted by Crippen LogP contribution is -2.25. The summed E-state index contributed by atoms with van der Waals surface area (Å²) in [5.74, 6) is 0. The molecule has 1 unspecified atom stereocenters. The summed E-state index contributed by atoms with van der Waals surface area (Å²) in [7, 11) is 0. The first-order valence-corrected chi connectivity index (χ1v) is 18.9. The maximum atomic E-state index is 2.57. The van der Waals surface area contributed by atoms with Gasteiger partial charge in [-0.05, 0) is 111 Å². The fourth-order valence-corrected chi connectivity index (χ4v) is 11.2. The van der Waals surface area contributed by atoms with Crippen LogP contribution < -0.4 is 0 Å². The zero-order valence-corrected chi connectivity index (χ0v) is 29.0. The van der Waals surface area contributed by atoms with E-state index in [2.05, 4.69) is 182 Å². The lowest BCUT2D eigenvalue weighted by molar-refractivity contribution is 0.804. The largest absolute Gasteiger partial charge is 0.135 e. The van der Waals surface area contributed by atoms with Gasteiger partial charge in [-0.25, -0.2) is 0 Å². The number of fused-ring (bicyclic) bond motifs is 16. The number of benzene rings is 9. The summed E-state index contributed by atoms with van der Waals surface area (Å²) in [6.07, 6.45) is 0. The van der Waals surface area contributed by atoms with E-state index in [0.717, 1.165) is 0 Å². The number of thiophene rings is 1. The summed E-state index contributed by atoms with van der Waals surface area (Å²) in [5.41, 5.74) is 14.3. The molecule has 9 aromatic carbocycles. The molecule has 1 spiro atoms. The van der Waals surface area contributed by atoms with Crippen LogP contribution in [0, 0.1) is 0 Å². The van der Waals surface area contributed by atoms with Crippen molar-refractivity contribution in [1.29, 1.82) is 0 Å². The first-order valence-electron chi connectivity index (χ1n) is 18.1. The highest BCUT2D eigenvalue weighted by Crippen LogP contribution is 2.67. The molecular formula is C51H30S. The van der Waals surface area contributed by atoms with Gasteiger partial charge in [0.1, 0.15) is 0 Å². The van der Waals surface area contributed by atoms with E-state index < -0.39 is 5.41 Å². The molecule has 0 nitrogen and oxygen atoms in total. The maximum absolute atomic E-state index is 2.57. The van der Waals surface area contributed by atoms with Crippen molar-refractivity contribution in [2.24, 2.45) is 0 Å². The van der Waals surface area contributed by atoms with Gasteiger partial charge in [-0.2, -0.15) is 0 Å². The van der Waals surface area contributed by atoms with E-state index in [0.29, 0.717) is 0 Å². The van der Waals surface area contributed by atoms with Crippen molar-refractivity contribution in [2.45, 2.75) is 5.41 Å². The normalized spacial score (nSPS) is 15.4. The number of rotatable bonds is 2. The Kier molecular flexibility index (Phi) is 5.68. The molecule has 12 rings (SSSR count). The van der Waals surface area contributed by atoms with Gasteiger partial charge in [-0.3, -0.25) is 0 Å². The molecule has 0 fully saturated rings. The molecule has 1 aromatic heterocycles. The Morgan fingerprint density at radius 3 is 1.69 bits per heavy atom. The van der Waals surface area contributed by atoms with Gasteiger partial charge in [0.2, 0.25) is 0 Å². The van der Waals surface area contributed by atoms with Crippen molar-refractivity contribution in [3.8, 4) is 43.8 Å². The predicted octanol–water partition coefficient (Wildman–Crippen LogP) is 14.0. The molecule has 0 N–H and O–H groups in total. The fourth-order valence-electron chi connectivity index (χ4n) is 9.91. The summed E-state index contributed by atoms with van der Waals surface area (Å²) < 4.78 is 1.35. The van der Waals surface area contributed by atoms with Crippen LogP contribution in [-0.4, -0.2) is 0 Å². The van der Waals surface area contributed by atoms with Crippen LogP contribution in [-0.2, 0) is 5.41 Å². The minimum atomic E-state index is -0.439. The van der Waals surface area contributed by atoms with E-state index in [9.17, 15) is 0 Å². The van der Waals surface area contributed by atoms with Crippen molar-refractivity contribution >= 4 is 53.7 Å². The molecule has 2 aliphatic carbocycles. The standard InChI is InChI=1S/C51H30S/c1-2-15-32(16-3-1)46-35-18-6-8-20-37(35)47(38-21-9-7-19-36(38)46)33-26-28-39-44(30-33)51(43-29-27-31-14-4-5-17-34(31)48(39)43)42-24-12-10-22-40(42)50-49(51)41-23-11-13-25-45(41)52-50/h1-30H. The zero-order valence-electron chi connectivity index (χ0n) is 28.2. The van der Waals surface area contributed by atoms with Crippen LogP contribution in [0.5, 0.6) is 0 Å². The number of hydrogen-bond acceptors (Lipinski definition) is 1. The number of hydrogen-bond donors (Lipinski definition) is 0. The first kappa shape index (κ1) is 28.4. The first-order chi connectivity index (χ1) is 25.8. The topological polar surface area (TPSA) is 0 Å². The van der Waals surface area contributed by atoms with Crippen LogP contribution in [0.3, 0.4) is 0 Å². The summed E-state index contributed by atoms with van der Waals surface area (Å²) in [6, 6.07) is 68.3. The van der Waals surface area contributed by atoms with Crippen molar-refractivity contribution < 1.29 is 0 Å². The van der Waals surface area contributed by atoms with Gasteiger partial charge in [0.15, 0.2) is 0 Å². The average Bonchev–Trinajstić information content (AvgIpc) is 3.83. The Bertz CT molecular complexity index is 3070. The molecule has 0 aliphatic heterocycles. The third-order valence-corrected chi connectivity index (χ3v) is 13.1. The third kappa shape index (κ3) is 3.51. The van der Waals surface area contributed by atoms with E-state index in [1.807, 2.05) is 11.3 Å². The molecule has 0 amide bonds. The molecule has 10 aromatic rings. The lowest BCUT2D eigenvalue weighted by atomic mass is 9.69. The van der Waals surface area contributed by atoms with Crippen molar-refractivity contribution in [3.63, 3.8) is 0 Å². The molecule has 1 heteroatoms. The van der Waals surface area contributed by atoms with E-state index in [4.69, 9.17) is 0 Å². The second kappa shape index (κ2) is 10.4. The molecule has 0 saturated carbocycles. The third-order valence-electron chi connectivity index (χ3n) is 11.9. The molecular weight excluding hydrogens is 645 g/mol. The smallest absolute Gasteiger partial charge is 0.0740 e. The van der Waals surface area contributed by atoms with Gasteiger partial charge < -0.3 is 0 Å². The maximum Gasteiger partial charge on any atom is 0.0740 e. The van der Waals surface area contributed by atoms with Crippen molar-refractivity contribution in [2.75, 3.05) is 0 Å². The van der Waals surface area contributed by atoms with Crippen LogP contribution in [0.25, 0.3) is 86.2 Å². The predicted molar refractivity (Wildman–Crippen MR) is 222 cm³/mol. The van der Waals surface area contributed by atoms with E-state index in [1.165, 1.54) is 108 Å². The summed E-state index contributed by atoms with van der Waals surface area (Å²) in [6.45, 7) is 0. The van der Waals surface area contributed by atoms with Crippen LogP contribution in [0.2, 0.25) is 0 Å². The summed E-state index contributed by atoms with van der Waals surface area (Å²) in [4.78, 5) is 1.40. The van der Waals surface area contributed by atoms with E-state index in [1.54, 1.807) is 0 Å². The Morgan fingerprint density at radius 1 is 0.346 bits per heavy atom. The highest BCUT2D eigenvalue weighted by molar-refractivity contribution is 7.22. The Hall–Kier alpha value is -6.28.